The van der Waals surface area contributed by atoms with Gasteiger partial charge in [-0.1, -0.05) is 0 Å². The van der Waals surface area contributed by atoms with Crippen molar-refractivity contribution in [3.8, 4) is 0 Å². The van der Waals surface area contributed by atoms with Gasteiger partial charge in [-0.25, -0.2) is 8.42 Å². The van der Waals surface area contributed by atoms with Crippen LogP contribution in [0.5, 0.6) is 0 Å². The number of carbonyl (C=O) groups excluding carboxylic acids is 3. The van der Waals surface area contributed by atoms with Crippen LogP contribution in [0.4, 0.5) is 11.4 Å². The van der Waals surface area contributed by atoms with Gasteiger partial charge in [0.2, 0.25) is 17.7 Å². The summed E-state index contributed by atoms with van der Waals surface area (Å²) in [6.45, 7) is 0.250. The summed E-state index contributed by atoms with van der Waals surface area (Å²) in [5, 5.41) is 5.64. The smallest absolute Gasteiger partial charge is 0.229 e. The Morgan fingerprint density at radius 2 is 1.50 bits per heavy atom. The fraction of sp³-hybridized carbons (Fsp3) is 0.526. The van der Waals surface area contributed by atoms with Crippen LogP contribution in [0.2, 0.25) is 0 Å². The van der Waals surface area contributed by atoms with E-state index in [1.54, 1.807) is 29.2 Å². The molecule has 9 heteroatoms. The summed E-state index contributed by atoms with van der Waals surface area (Å²) in [5.41, 5.74) is 1.27. The van der Waals surface area contributed by atoms with Crippen LogP contribution < -0.4 is 10.6 Å². The molecule has 1 saturated carbocycles. The maximum Gasteiger partial charge on any atom is 0.229 e. The number of benzene rings is 1. The van der Waals surface area contributed by atoms with E-state index in [1.165, 1.54) is 0 Å². The third kappa shape index (κ3) is 4.19. The van der Waals surface area contributed by atoms with Gasteiger partial charge in [-0.15, -0.1) is 0 Å². The summed E-state index contributed by atoms with van der Waals surface area (Å²) < 4.78 is 23.3. The molecule has 2 atom stereocenters. The van der Waals surface area contributed by atoms with Crippen LogP contribution in [0, 0.1) is 11.8 Å². The molecule has 2 N–H and O–H groups in total. The van der Waals surface area contributed by atoms with Gasteiger partial charge in [0.15, 0.2) is 9.84 Å². The number of anilines is 2. The summed E-state index contributed by atoms with van der Waals surface area (Å²) in [7, 11) is -3.08. The predicted molar refractivity (Wildman–Crippen MR) is 103 cm³/mol. The molecule has 1 aromatic rings. The zero-order valence-corrected chi connectivity index (χ0v) is 16.2. The molecule has 150 valence electrons. The normalized spacial score (nSPS) is 26.3. The van der Waals surface area contributed by atoms with Crippen LogP contribution in [0.15, 0.2) is 24.3 Å². The third-order valence-electron chi connectivity index (χ3n) is 5.55. The Morgan fingerprint density at radius 3 is 2.00 bits per heavy atom. The lowest BCUT2D eigenvalue weighted by Gasteiger charge is -2.22. The van der Waals surface area contributed by atoms with Crippen molar-refractivity contribution in [3.63, 3.8) is 0 Å². The van der Waals surface area contributed by atoms with E-state index in [2.05, 4.69) is 10.6 Å². The number of hydrogen-bond acceptors (Lipinski definition) is 5. The van der Waals surface area contributed by atoms with Crippen LogP contribution in [0.3, 0.4) is 0 Å². The molecule has 3 fully saturated rings. The van der Waals surface area contributed by atoms with Crippen LogP contribution in [-0.4, -0.2) is 55.1 Å². The van der Waals surface area contributed by atoms with Crippen molar-refractivity contribution in [2.45, 2.75) is 31.7 Å². The average Bonchev–Trinajstić information content (AvgIpc) is 3.34. The van der Waals surface area contributed by atoms with Gasteiger partial charge in [0.05, 0.1) is 17.4 Å². The highest BCUT2D eigenvalue weighted by Crippen LogP contribution is 2.30. The number of carbonyl (C=O) groups is 3. The Labute approximate surface area is 163 Å². The summed E-state index contributed by atoms with van der Waals surface area (Å²) in [6.07, 6.45) is 2.40. The Bertz CT molecular complexity index is 908. The van der Waals surface area contributed by atoms with Gasteiger partial charge in [-0.2, -0.15) is 0 Å². The summed E-state index contributed by atoms with van der Waals surface area (Å²) in [6, 6.07) is 6.55. The van der Waals surface area contributed by atoms with Gasteiger partial charge >= 0.3 is 0 Å². The van der Waals surface area contributed by atoms with E-state index in [9.17, 15) is 22.8 Å². The molecule has 2 aliphatic heterocycles. The Kier molecular flexibility index (Phi) is 4.86. The highest BCUT2D eigenvalue weighted by Gasteiger charge is 2.41. The van der Waals surface area contributed by atoms with E-state index in [1.807, 2.05) is 0 Å². The van der Waals surface area contributed by atoms with Crippen LogP contribution in [0.25, 0.3) is 0 Å². The average molecular weight is 405 g/mol. The number of nitrogens with one attached hydrogen (secondary N) is 2. The van der Waals surface area contributed by atoms with Crippen LogP contribution in [-0.2, 0) is 24.2 Å². The second-order valence-electron chi connectivity index (χ2n) is 7.83. The second-order valence-corrected chi connectivity index (χ2v) is 10.1. The molecular formula is C19H23N3O5S. The lowest BCUT2D eigenvalue weighted by atomic mass is 10.1. The van der Waals surface area contributed by atoms with Crippen molar-refractivity contribution in [2.24, 2.45) is 11.8 Å². The zero-order chi connectivity index (χ0) is 19.9. The first kappa shape index (κ1) is 18.9. The first-order valence-electron chi connectivity index (χ1n) is 9.52. The van der Waals surface area contributed by atoms with Gasteiger partial charge in [0, 0.05) is 36.3 Å². The van der Waals surface area contributed by atoms with Gasteiger partial charge in [0.25, 0.3) is 0 Å². The minimum Gasteiger partial charge on any atom is -0.338 e. The van der Waals surface area contributed by atoms with E-state index in [-0.39, 0.29) is 54.2 Å². The lowest BCUT2D eigenvalue weighted by Crippen LogP contribution is -2.38. The Morgan fingerprint density at radius 1 is 0.929 bits per heavy atom. The highest BCUT2D eigenvalue weighted by atomic mass is 32.2. The maximum absolute atomic E-state index is 12.5. The Hall–Kier alpha value is -2.42. The minimum absolute atomic E-state index is 0.0128. The monoisotopic (exact) mass is 405 g/mol. The SMILES string of the molecule is O=C(Nc1ccc(NC(=O)[C@@H]2CC(=O)N([C@H]3CCS(=O)(=O)C3)C2)cc1)C1CC1. The fourth-order valence-corrected chi connectivity index (χ4v) is 5.48. The van der Waals surface area contributed by atoms with Crippen molar-refractivity contribution in [1.82, 2.24) is 4.90 Å². The maximum atomic E-state index is 12.5. The van der Waals surface area contributed by atoms with E-state index in [0.717, 1.165) is 12.8 Å². The molecule has 0 unspecified atom stereocenters. The van der Waals surface area contributed by atoms with Gasteiger partial charge in [0.1, 0.15) is 0 Å². The van der Waals surface area contributed by atoms with Gasteiger partial charge < -0.3 is 15.5 Å². The van der Waals surface area contributed by atoms with E-state index in [0.29, 0.717) is 17.8 Å². The lowest BCUT2D eigenvalue weighted by molar-refractivity contribution is -0.129. The summed E-state index contributed by atoms with van der Waals surface area (Å²) in [5.74, 6) is -0.687. The molecule has 2 saturated heterocycles. The molecule has 4 rings (SSSR count). The predicted octanol–water partition coefficient (Wildman–Crippen LogP) is 1.01. The molecule has 0 bridgehead atoms. The van der Waals surface area contributed by atoms with E-state index < -0.39 is 15.8 Å². The number of rotatable bonds is 5. The molecule has 1 aliphatic carbocycles. The quantitative estimate of drug-likeness (QED) is 0.759. The minimum atomic E-state index is -3.08. The largest absolute Gasteiger partial charge is 0.338 e. The van der Waals surface area contributed by atoms with Crippen molar-refractivity contribution in [1.29, 1.82) is 0 Å². The first-order chi connectivity index (χ1) is 13.3. The molecule has 3 amide bonds. The molecule has 1 aromatic carbocycles. The van der Waals surface area contributed by atoms with Crippen LogP contribution >= 0.6 is 0 Å². The van der Waals surface area contributed by atoms with Crippen molar-refractivity contribution in [2.75, 3.05) is 28.7 Å². The van der Waals surface area contributed by atoms with Crippen molar-refractivity contribution < 1.29 is 22.8 Å². The molecule has 3 aliphatic rings. The van der Waals surface area contributed by atoms with Crippen molar-refractivity contribution >= 4 is 38.9 Å². The standard InChI is InChI=1S/C19H23N3O5S/c23-17-9-13(10-22(17)16-7-8-28(26,27)11-16)19(25)21-15-5-3-14(4-6-15)20-18(24)12-1-2-12/h3-6,12-13,16H,1-2,7-11H2,(H,20,24)(H,21,25)/t13-,16+/m1/s1. The van der Waals surface area contributed by atoms with E-state index in [4.69, 9.17) is 0 Å². The third-order valence-corrected chi connectivity index (χ3v) is 7.30. The van der Waals surface area contributed by atoms with Crippen molar-refractivity contribution in [3.05, 3.63) is 24.3 Å². The molecule has 28 heavy (non-hydrogen) atoms. The van der Waals surface area contributed by atoms with Gasteiger partial charge in [-0.05, 0) is 43.5 Å². The summed E-state index contributed by atoms with van der Waals surface area (Å²) >= 11 is 0. The molecule has 2 heterocycles. The van der Waals surface area contributed by atoms with E-state index >= 15 is 0 Å². The number of likely N-dealkylation sites (tertiary alicyclic amines) is 1. The topological polar surface area (TPSA) is 113 Å². The molecule has 0 spiro atoms. The molecule has 0 radical (unpaired) electrons. The summed E-state index contributed by atoms with van der Waals surface area (Å²) in [4.78, 5) is 38.1. The second kappa shape index (κ2) is 7.20. The highest BCUT2D eigenvalue weighted by molar-refractivity contribution is 7.91. The fourth-order valence-electron chi connectivity index (χ4n) is 3.75. The molecule has 8 nitrogen and oxygen atoms in total. The number of nitrogens with zero attached hydrogens (tertiary/aromatic N) is 1. The van der Waals surface area contributed by atoms with Crippen LogP contribution in [0.1, 0.15) is 25.7 Å². The molecule has 0 aromatic heterocycles. The van der Waals surface area contributed by atoms with Gasteiger partial charge in [-0.3, -0.25) is 14.4 Å². The molecular weight excluding hydrogens is 382 g/mol. The number of sulfone groups is 1. The number of hydrogen-bond donors (Lipinski definition) is 2. The first-order valence-corrected chi connectivity index (χ1v) is 11.3. The zero-order valence-electron chi connectivity index (χ0n) is 15.4. The Balaban J connectivity index is 1.32. The number of amides is 3.